The Morgan fingerprint density at radius 3 is 3.07 bits per heavy atom. The first-order chi connectivity index (χ1) is 14.1. The van der Waals surface area contributed by atoms with E-state index in [2.05, 4.69) is 14.7 Å². The summed E-state index contributed by atoms with van der Waals surface area (Å²) >= 11 is 0. The zero-order valence-corrected chi connectivity index (χ0v) is 16.6. The third kappa shape index (κ3) is 3.80. The number of hydrogen-bond acceptors (Lipinski definition) is 7. The van der Waals surface area contributed by atoms with Crippen LogP contribution < -0.4 is 15.2 Å². The summed E-state index contributed by atoms with van der Waals surface area (Å²) in [6.07, 6.45) is 4.72. The van der Waals surface area contributed by atoms with Gasteiger partial charge in [0.1, 0.15) is 46.8 Å². The number of aromatic nitrogens is 3. The average molecular weight is 412 g/mol. The maximum atomic E-state index is 12.5. The SMILES string of the molecule is COc1ccc(S(=O)NCC2CCC(n3ccc4c(N)ncnc43)O2)cc1C#N. The predicted octanol–water partition coefficient (Wildman–Crippen LogP) is 1.88. The molecule has 0 saturated carbocycles. The lowest BCUT2D eigenvalue weighted by Crippen LogP contribution is -2.28. The van der Waals surface area contributed by atoms with Crippen molar-refractivity contribution in [3.63, 3.8) is 0 Å². The van der Waals surface area contributed by atoms with E-state index in [1.807, 2.05) is 22.9 Å². The number of nitrogens with zero attached hydrogens (tertiary/aromatic N) is 4. The Morgan fingerprint density at radius 2 is 2.28 bits per heavy atom. The molecule has 3 atom stereocenters. The van der Waals surface area contributed by atoms with Crippen molar-refractivity contribution in [1.29, 1.82) is 5.26 Å². The zero-order valence-electron chi connectivity index (χ0n) is 15.7. The van der Waals surface area contributed by atoms with Gasteiger partial charge >= 0.3 is 0 Å². The Balaban J connectivity index is 1.39. The molecule has 1 aliphatic heterocycles. The highest BCUT2D eigenvalue weighted by atomic mass is 32.2. The van der Waals surface area contributed by atoms with E-state index in [0.29, 0.717) is 28.6 Å². The summed E-state index contributed by atoms with van der Waals surface area (Å²) in [5.74, 6) is 0.898. The molecule has 29 heavy (non-hydrogen) atoms. The third-order valence-electron chi connectivity index (χ3n) is 4.88. The van der Waals surface area contributed by atoms with Crippen LogP contribution in [0.15, 0.2) is 41.7 Å². The molecule has 150 valence electrons. The highest BCUT2D eigenvalue weighted by Gasteiger charge is 2.28. The van der Waals surface area contributed by atoms with Crippen molar-refractivity contribution in [2.24, 2.45) is 0 Å². The van der Waals surface area contributed by atoms with Crippen molar-refractivity contribution in [3.8, 4) is 11.8 Å². The van der Waals surface area contributed by atoms with Crippen LogP contribution in [0, 0.1) is 11.3 Å². The summed E-state index contributed by atoms with van der Waals surface area (Å²) in [4.78, 5) is 8.83. The average Bonchev–Trinajstić information content (AvgIpc) is 3.39. The molecule has 1 aromatic carbocycles. The number of nitrogens with one attached hydrogen (secondary N) is 1. The van der Waals surface area contributed by atoms with Crippen LogP contribution in [0.4, 0.5) is 5.82 Å². The van der Waals surface area contributed by atoms with Crippen LogP contribution in [0.3, 0.4) is 0 Å². The lowest BCUT2D eigenvalue weighted by atomic mass is 10.2. The molecule has 0 spiro atoms. The second-order valence-corrected chi connectivity index (χ2v) is 7.90. The van der Waals surface area contributed by atoms with Gasteiger partial charge in [-0.05, 0) is 37.1 Å². The number of benzene rings is 1. The summed E-state index contributed by atoms with van der Waals surface area (Å²) in [6, 6.07) is 8.81. The van der Waals surface area contributed by atoms with E-state index < -0.39 is 11.0 Å². The first-order valence-corrected chi connectivity index (χ1v) is 10.2. The molecule has 3 unspecified atom stereocenters. The molecule has 0 amide bonds. The molecule has 0 aliphatic carbocycles. The van der Waals surface area contributed by atoms with E-state index in [4.69, 9.17) is 15.2 Å². The molecular weight excluding hydrogens is 392 g/mol. The van der Waals surface area contributed by atoms with Gasteiger partial charge in [0.2, 0.25) is 0 Å². The summed E-state index contributed by atoms with van der Waals surface area (Å²) in [6.45, 7) is 0.424. The first kappa shape index (κ1) is 19.3. The van der Waals surface area contributed by atoms with Gasteiger partial charge in [-0.3, -0.25) is 0 Å². The van der Waals surface area contributed by atoms with Gasteiger partial charge in [-0.2, -0.15) is 5.26 Å². The van der Waals surface area contributed by atoms with Crippen molar-refractivity contribution in [3.05, 3.63) is 42.4 Å². The molecule has 3 heterocycles. The van der Waals surface area contributed by atoms with Crippen LogP contribution in [-0.4, -0.2) is 38.5 Å². The van der Waals surface area contributed by atoms with Crippen molar-refractivity contribution in [2.45, 2.75) is 30.1 Å². The zero-order chi connectivity index (χ0) is 20.4. The quantitative estimate of drug-likeness (QED) is 0.632. The lowest BCUT2D eigenvalue weighted by Gasteiger charge is -2.16. The summed E-state index contributed by atoms with van der Waals surface area (Å²) < 4.78 is 28.7. The van der Waals surface area contributed by atoms with Crippen LogP contribution >= 0.6 is 0 Å². The number of nitriles is 1. The number of fused-ring (bicyclic) bond motifs is 1. The van der Waals surface area contributed by atoms with Gasteiger partial charge in [0, 0.05) is 12.7 Å². The molecule has 10 heteroatoms. The molecular formula is C19H20N6O3S. The first-order valence-electron chi connectivity index (χ1n) is 9.06. The number of ether oxygens (including phenoxy) is 2. The topological polar surface area (TPSA) is 128 Å². The highest BCUT2D eigenvalue weighted by Crippen LogP contribution is 2.31. The molecule has 3 aromatic rings. The van der Waals surface area contributed by atoms with Crippen molar-refractivity contribution >= 4 is 27.8 Å². The minimum atomic E-state index is -1.46. The molecule has 1 fully saturated rings. The lowest BCUT2D eigenvalue weighted by molar-refractivity contribution is 0.00757. The van der Waals surface area contributed by atoms with Gasteiger partial charge in [-0.15, -0.1) is 0 Å². The Kier molecular flexibility index (Phi) is 5.44. The number of methoxy groups -OCH3 is 1. The number of rotatable bonds is 6. The molecule has 0 bridgehead atoms. The molecule has 3 N–H and O–H groups in total. The van der Waals surface area contributed by atoms with E-state index in [1.54, 1.807) is 18.2 Å². The Hall–Kier alpha value is -3.00. The Morgan fingerprint density at radius 1 is 1.41 bits per heavy atom. The van der Waals surface area contributed by atoms with Gasteiger partial charge in [0.05, 0.1) is 29.1 Å². The van der Waals surface area contributed by atoms with E-state index in [-0.39, 0.29) is 12.3 Å². The van der Waals surface area contributed by atoms with Crippen LogP contribution in [0.1, 0.15) is 24.6 Å². The van der Waals surface area contributed by atoms with Crippen molar-refractivity contribution in [2.75, 3.05) is 19.4 Å². The predicted molar refractivity (Wildman–Crippen MR) is 107 cm³/mol. The highest BCUT2D eigenvalue weighted by molar-refractivity contribution is 7.83. The minimum Gasteiger partial charge on any atom is -0.495 e. The standard InChI is InChI=1S/C19H20N6O3S/c1-27-16-4-3-14(8-12(16)9-20)29(26)24-10-13-2-5-17(28-13)25-7-6-15-18(21)22-11-23-19(15)25/h3-4,6-8,11,13,17,24H,2,5,10H2,1H3,(H2,21,22,23). The van der Waals surface area contributed by atoms with Crippen LogP contribution in [0.25, 0.3) is 11.0 Å². The third-order valence-corrected chi connectivity index (χ3v) is 5.99. The van der Waals surface area contributed by atoms with Crippen LogP contribution in [0.2, 0.25) is 0 Å². The van der Waals surface area contributed by atoms with Crippen molar-refractivity contribution < 1.29 is 13.7 Å². The van der Waals surface area contributed by atoms with E-state index >= 15 is 0 Å². The van der Waals surface area contributed by atoms with E-state index in [0.717, 1.165) is 23.9 Å². The monoisotopic (exact) mass is 412 g/mol. The second kappa shape index (κ2) is 8.16. The van der Waals surface area contributed by atoms with Gasteiger partial charge in [0.25, 0.3) is 0 Å². The van der Waals surface area contributed by atoms with Crippen LogP contribution in [0.5, 0.6) is 5.75 Å². The molecule has 1 aliphatic rings. The van der Waals surface area contributed by atoms with Gasteiger partial charge in [-0.1, -0.05) is 0 Å². The van der Waals surface area contributed by atoms with E-state index in [9.17, 15) is 9.47 Å². The maximum absolute atomic E-state index is 12.5. The largest absolute Gasteiger partial charge is 0.495 e. The summed E-state index contributed by atoms with van der Waals surface area (Å²) in [5.41, 5.74) is 6.98. The number of hydrogen-bond donors (Lipinski definition) is 2. The molecule has 4 rings (SSSR count). The molecule has 1 saturated heterocycles. The molecule has 0 radical (unpaired) electrons. The second-order valence-electron chi connectivity index (χ2n) is 6.60. The fourth-order valence-electron chi connectivity index (χ4n) is 3.41. The minimum absolute atomic E-state index is 0.0886. The normalized spacial score (nSPS) is 19.9. The Bertz CT molecular complexity index is 1110. The number of nitrogens with two attached hydrogens (primary N) is 1. The van der Waals surface area contributed by atoms with Crippen LogP contribution in [-0.2, 0) is 15.7 Å². The summed E-state index contributed by atoms with van der Waals surface area (Å²) in [7, 11) is 0.0378. The fraction of sp³-hybridized carbons (Fsp3) is 0.316. The van der Waals surface area contributed by atoms with E-state index in [1.165, 1.54) is 13.4 Å². The summed E-state index contributed by atoms with van der Waals surface area (Å²) in [5, 5.41) is 9.98. The number of nitrogen functional groups attached to an aromatic ring is 1. The van der Waals surface area contributed by atoms with Gasteiger partial charge in [-0.25, -0.2) is 18.9 Å². The van der Waals surface area contributed by atoms with Crippen molar-refractivity contribution in [1.82, 2.24) is 19.3 Å². The molecule has 9 nitrogen and oxygen atoms in total. The van der Waals surface area contributed by atoms with Gasteiger partial charge < -0.3 is 19.8 Å². The maximum Gasteiger partial charge on any atom is 0.147 e. The molecule has 2 aromatic heterocycles. The van der Waals surface area contributed by atoms with Gasteiger partial charge in [0.15, 0.2) is 0 Å². The number of anilines is 1. The smallest absolute Gasteiger partial charge is 0.147 e. The fourth-order valence-corrected chi connectivity index (χ4v) is 4.33. The Labute approximate surface area is 170 Å².